The fraction of sp³-hybridized carbons (Fsp3) is 0.360. The maximum atomic E-state index is 9.48. The topological polar surface area (TPSA) is 64.4 Å². The van der Waals surface area contributed by atoms with Gasteiger partial charge < -0.3 is 15.0 Å². The van der Waals surface area contributed by atoms with Gasteiger partial charge in [0.25, 0.3) is 0 Å². The van der Waals surface area contributed by atoms with E-state index in [0.29, 0.717) is 23.8 Å². The molecule has 0 saturated carbocycles. The van der Waals surface area contributed by atoms with Crippen LogP contribution in [-0.2, 0) is 6.54 Å². The first kappa shape index (κ1) is 18.6. The van der Waals surface area contributed by atoms with E-state index in [4.69, 9.17) is 4.74 Å². The molecule has 2 saturated heterocycles. The van der Waals surface area contributed by atoms with Crippen LogP contribution < -0.4 is 15.0 Å². The second-order valence-electron chi connectivity index (χ2n) is 8.84. The molecule has 0 aliphatic carbocycles. The molecule has 0 bridgehead atoms. The van der Waals surface area contributed by atoms with E-state index < -0.39 is 0 Å². The Morgan fingerprint density at radius 2 is 2.06 bits per heavy atom. The molecule has 156 valence electrons. The summed E-state index contributed by atoms with van der Waals surface area (Å²) in [6.45, 7) is 7.05. The van der Waals surface area contributed by atoms with Gasteiger partial charge in [0.2, 0.25) is 0 Å². The average molecular weight is 412 g/mol. The molecule has 6 heteroatoms. The van der Waals surface area contributed by atoms with Crippen molar-refractivity contribution in [3.63, 3.8) is 0 Å². The summed E-state index contributed by atoms with van der Waals surface area (Å²) in [7, 11) is 0. The van der Waals surface area contributed by atoms with E-state index in [0.717, 1.165) is 49.4 Å². The molecule has 0 spiro atoms. The molecule has 6 nitrogen and oxygen atoms in total. The van der Waals surface area contributed by atoms with Crippen molar-refractivity contribution in [2.75, 3.05) is 31.1 Å². The molecule has 4 heterocycles. The highest BCUT2D eigenvalue weighted by Crippen LogP contribution is 2.42. The van der Waals surface area contributed by atoms with Gasteiger partial charge in [0.05, 0.1) is 17.1 Å². The molecule has 2 atom stereocenters. The first-order chi connectivity index (χ1) is 15.2. The lowest BCUT2D eigenvalue weighted by atomic mass is 10.00. The molecule has 2 fully saturated rings. The number of fused-ring (bicyclic) bond motifs is 4. The Balaban J connectivity index is 1.33. The number of nitrogens with zero attached hydrogens (tertiary/aromatic N) is 4. The largest absolute Gasteiger partial charge is 0.488 e. The smallest absolute Gasteiger partial charge is 0.123 e. The lowest BCUT2D eigenvalue weighted by Crippen LogP contribution is -2.51. The van der Waals surface area contributed by atoms with Gasteiger partial charge in [-0.3, -0.25) is 9.88 Å². The molecule has 3 aliphatic heterocycles. The molecular weight excluding hydrogens is 386 g/mol. The van der Waals surface area contributed by atoms with E-state index in [1.54, 1.807) is 6.20 Å². The summed E-state index contributed by atoms with van der Waals surface area (Å²) in [5.41, 5.74) is 5.38. The van der Waals surface area contributed by atoms with Crippen LogP contribution >= 0.6 is 0 Å². The molecule has 1 N–H and O–H groups in total. The van der Waals surface area contributed by atoms with Gasteiger partial charge in [0.15, 0.2) is 0 Å². The van der Waals surface area contributed by atoms with Crippen molar-refractivity contribution in [2.45, 2.75) is 31.7 Å². The van der Waals surface area contributed by atoms with Crippen molar-refractivity contribution in [3.8, 4) is 11.8 Å². The predicted molar refractivity (Wildman–Crippen MR) is 120 cm³/mol. The normalized spacial score (nSPS) is 23.2. The van der Waals surface area contributed by atoms with Crippen molar-refractivity contribution < 1.29 is 4.74 Å². The molecule has 2 aromatic carbocycles. The van der Waals surface area contributed by atoms with Crippen LogP contribution in [0.4, 0.5) is 5.69 Å². The third-order valence-corrected chi connectivity index (χ3v) is 6.93. The van der Waals surface area contributed by atoms with E-state index in [-0.39, 0.29) is 0 Å². The van der Waals surface area contributed by atoms with E-state index in [1.165, 1.54) is 16.8 Å². The van der Waals surface area contributed by atoms with Crippen LogP contribution in [0, 0.1) is 11.3 Å². The summed E-state index contributed by atoms with van der Waals surface area (Å²) in [4.78, 5) is 9.58. The number of pyridine rings is 1. The monoisotopic (exact) mass is 411 g/mol. The summed E-state index contributed by atoms with van der Waals surface area (Å²) >= 11 is 0. The van der Waals surface area contributed by atoms with Gasteiger partial charge in [-0.1, -0.05) is 6.07 Å². The van der Waals surface area contributed by atoms with Gasteiger partial charge >= 0.3 is 0 Å². The van der Waals surface area contributed by atoms with Gasteiger partial charge in [-0.05, 0) is 54.4 Å². The average Bonchev–Trinajstić information content (AvgIpc) is 3.14. The second-order valence-corrected chi connectivity index (χ2v) is 8.84. The number of hydrogen-bond acceptors (Lipinski definition) is 6. The molecule has 3 aliphatic rings. The van der Waals surface area contributed by atoms with Crippen LogP contribution in [0.15, 0.2) is 48.7 Å². The predicted octanol–water partition coefficient (Wildman–Crippen LogP) is 3.22. The van der Waals surface area contributed by atoms with Gasteiger partial charge in [-0.2, -0.15) is 5.26 Å². The van der Waals surface area contributed by atoms with Crippen LogP contribution in [0.2, 0.25) is 0 Å². The van der Waals surface area contributed by atoms with Crippen molar-refractivity contribution in [1.29, 1.82) is 5.26 Å². The molecule has 0 radical (unpaired) electrons. The number of hydrogen-bond donors (Lipinski definition) is 1. The van der Waals surface area contributed by atoms with Crippen molar-refractivity contribution in [3.05, 3.63) is 65.4 Å². The SMILES string of the molecule is C[C@@H]1CN(c2ccc(C#N)c3ncccc23)CC2c3ccc(OC4CNC4)cc3CN21. The minimum Gasteiger partial charge on any atom is -0.488 e. The highest BCUT2D eigenvalue weighted by Gasteiger charge is 2.39. The van der Waals surface area contributed by atoms with Crippen molar-refractivity contribution in [2.24, 2.45) is 0 Å². The Morgan fingerprint density at radius 3 is 2.87 bits per heavy atom. The second kappa shape index (κ2) is 7.23. The zero-order valence-electron chi connectivity index (χ0n) is 17.6. The minimum absolute atomic E-state index is 0.301. The standard InChI is InChI=1S/C25H25N5O/c1-16-13-29(23-7-4-17(10-26)25-22(23)3-2-8-28-25)15-24-21-6-5-19(31-20-11-27-12-20)9-18(21)14-30(16)24/h2-9,16,20,24,27H,11-15H2,1H3/t16-,24?/m1/s1. The van der Waals surface area contributed by atoms with E-state index in [9.17, 15) is 5.26 Å². The lowest BCUT2D eigenvalue weighted by Gasteiger charge is -2.43. The molecule has 1 unspecified atom stereocenters. The number of nitrogens with one attached hydrogen (secondary N) is 1. The Labute approximate surface area is 182 Å². The molecule has 1 aromatic heterocycles. The number of nitriles is 1. The molecule has 6 rings (SSSR count). The summed E-state index contributed by atoms with van der Waals surface area (Å²) in [5, 5.41) is 13.8. The van der Waals surface area contributed by atoms with Gasteiger partial charge in [0, 0.05) is 56.0 Å². The Kier molecular flexibility index (Phi) is 4.34. The molecule has 0 amide bonds. The van der Waals surface area contributed by atoms with Crippen LogP contribution in [0.3, 0.4) is 0 Å². The number of anilines is 1. The molecule has 3 aromatic rings. The fourth-order valence-corrected chi connectivity index (χ4v) is 5.23. The van der Waals surface area contributed by atoms with Gasteiger partial charge in [0.1, 0.15) is 17.9 Å². The quantitative estimate of drug-likeness (QED) is 0.714. The third kappa shape index (κ3) is 3.04. The van der Waals surface area contributed by atoms with Crippen LogP contribution in [0.25, 0.3) is 10.9 Å². The van der Waals surface area contributed by atoms with Crippen LogP contribution in [0.1, 0.15) is 29.7 Å². The number of aromatic nitrogens is 1. The zero-order chi connectivity index (χ0) is 20.9. The van der Waals surface area contributed by atoms with E-state index in [2.05, 4.69) is 63.4 Å². The van der Waals surface area contributed by atoms with Crippen molar-refractivity contribution >= 4 is 16.6 Å². The van der Waals surface area contributed by atoms with E-state index in [1.807, 2.05) is 12.1 Å². The highest BCUT2D eigenvalue weighted by molar-refractivity contribution is 5.95. The Morgan fingerprint density at radius 1 is 1.16 bits per heavy atom. The van der Waals surface area contributed by atoms with Gasteiger partial charge in [-0.15, -0.1) is 0 Å². The zero-order valence-corrected chi connectivity index (χ0v) is 17.6. The molecular formula is C25H25N5O. The summed E-state index contributed by atoms with van der Waals surface area (Å²) < 4.78 is 6.09. The lowest BCUT2D eigenvalue weighted by molar-refractivity contribution is 0.134. The molecule has 31 heavy (non-hydrogen) atoms. The van der Waals surface area contributed by atoms with Crippen LogP contribution in [-0.4, -0.2) is 48.2 Å². The Hall–Kier alpha value is -3.14. The number of benzene rings is 2. The fourth-order valence-electron chi connectivity index (χ4n) is 5.23. The van der Waals surface area contributed by atoms with E-state index >= 15 is 0 Å². The van der Waals surface area contributed by atoms with Gasteiger partial charge in [-0.25, -0.2) is 0 Å². The maximum absolute atomic E-state index is 9.48. The number of rotatable bonds is 3. The first-order valence-corrected chi connectivity index (χ1v) is 11.0. The third-order valence-electron chi connectivity index (χ3n) is 6.93. The van der Waals surface area contributed by atoms with Crippen molar-refractivity contribution in [1.82, 2.24) is 15.2 Å². The number of ether oxygens (including phenoxy) is 1. The maximum Gasteiger partial charge on any atom is 0.123 e. The first-order valence-electron chi connectivity index (χ1n) is 11.0. The summed E-state index contributed by atoms with van der Waals surface area (Å²) in [5.74, 6) is 0.985. The minimum atomic E-state index is 0.301. The summed E-state index contributed by atoms with van der Waals surface area (Å²) in [6, 6.07) is 17.7. The summed E-state index contributed by atoms with van der Waals surface area (Å²) in [6.07, 6.45) is 2.06. The highest BCUT2D eigenvalue weighted by atomic mass is 16.5. The Bertz CT molecular complexity index is 1200. The van der Waals surface area contributed by atoms with Crippen LogP contribution in [0.5, 0.6) is 5.75 Å². The number of piperazine rings is 1.